The highest BCUT2D eigenvalue weighted by molar-refractivity contribution is 7.87. The summed E-state index contributed by atoms with van der Waals surface area (Å²) >= 11 is 6.47. The van der Waals surface area contributed by atoms with Crippen molar-refractivity contribution in [3.05, 3.63) is 70.3 Å². The molecule has 2 bridgehead atoms. The fraction of sp³-hybridized carbons (Fsp3) is 0.590. The lowest BCUT2D eigenvalue weighted by Gasteiger charge is -2.46. The van der Waals surface area contributed by atoms with Gasteiger partial charge in [0.1, 0.15) is 5.75 Å². The molecule has 5 aliphatic rings. The summed E-state index contributed by atoms with van der Waals surface area (Å²) in [5.74, 6) is -0.438. The third kappa shape index (κ3) is 7.21. The van der Waals surface area contributed by atoms with Crippen LogP contribution in [0.5, 0.6) is 5.75 Å². The molecule has 1 saturated carbocycles. The zero-order valence-electron chi connectivity index (χ0n) is 30.2. The third-order valence-corrected chi connectivity index (χ3v) is 13.9. The van der Waals surface area contributed by atoms with Crippen molar-refractivity contribution in [3.63, 3.8) is 0 Å². The second kappa shape index (κ2) is 14.9. The van der Waals surface area contributed by atoms with Crippen LogP contribution in [0.2, 0.25) is 5.02 Å². The van der Waals surface area contributed by atoms with E-state index >= 15 is 0 Å². The summed E-state index contributed by atoms with van der Waals surface area (Å²) in [6.45, 7) is 2.67. The molecular formula is C39H51ClN4O7S. The quantitative estimate of drug-likeness (QED) is 0.431. The van der Waals surface area contributed by atoms with Gasteiger partial charge in [-0.2, -0.15) is 12.7 Å². The van der Waals surface area contributed by atoms with E-state index in [9.17, 15) is 23.1 Å². The number of aliphatic hydroxyl groups is 1. The van der Waals surface area contributed by atoms with Crippen LogP contribution in [0.1, 0.15) is 74.5 Å². The van der Waals surface area contributed by atoms with E-state index in [4.69, 9.17) is 21.1 Å². The fourth-order valence-corrected chi connectivity index (χ4v) is 10.4. The molecule has 52 heavy (non-hydrogen) atoms. The molecule has 2 N–H and O–H groups in total. The number of halogens is 1. The van der Waals surface area contributed by atoms with Crippen LogP contribution in [0.25, 0.3) is 0 Å². The van der Waals surface area contributed by atoms with Crippen LogP contribution in [-0.2, 0) is 42.0 Å². The maximum atomic E-state index is 14.2. The van der Waals surface area contributed by atoms with E-state index in [1.807, 2.05) is 12.1 Å². The van der Waals surface area contributed by atoms with Gasteiger partial charge < -0.3 is 24.4 Å². The Hall–Kier alpha value is -3.16. The molecule has 3 aliphatic heterocycles. The Kier molecular flexibility index (Phi) is 10.7. The van der Waals surface area contributed by atoms with E-state index in [1.165, 1.54) is 20.3 Å². The molecule has 282 valence electrons. The van der Waals surface area contributed by atoms with Gasteiger partial charge in [0.15, 0.2) is 5.60 Å². The van der Waals surface area contributed by atoms with Crippen molar-refractivity contribution in [3.8, 4) is 5.75 Å². The number of hydrogen-bond donors (Lipinski definition) is 2. The van der Waals surface area contributed by atoms with E-state index < -0.39 is 34.0 Å². The van der Waals surface area contributed by atoms with Crippen molar-refractivity contribution in [1.82, 2.24) is 13.9 Å². The number of methoxy groups -OCH3 is 1. The number of rotatable bonds is 4. The molecule has 2 aliphatic carbocycles. The molecule has 2 amide bonds. The number of anilines is 1. The summed E-state index contributed by atoms with van der Waals surface area (Å²) in [5.41, 5.74) is 0.444. The van der Waals surface area contributed by atoms with E-state index in [1.54, 1.807) is 32.4 Å². The van der Waals surface area contributed by atoms with Crippen LogP contribution in [-0.4, -0.2) is 94.1 Å². The van der Waals surface area contributed by atoms with Crippen molar-refractivity contribution in [2.75, 3.05) is 58.4 Å². The van der Waals surface area contributed by atoms with Crippen LogP contribution in [0.3, 0.4) is 0 Å². The lowest BCUT2D eigenvalue weighted by Crippen LogP contribution is -2.53. The van der Waals surface area contributed by atoms with Gasteiger partial charge in [0.05, 0.1) is 24.8 Å². The Labute approximate surface area is 312 Å². The van der Waals surface area contributed by atoms with Gasteiger partial charge >= 0.3 is 10.2 Å². The van der Waals surface area contributed by atoms with Crippen LogP contribution in [0.15, 0.2) is 48.6 Å². The first kappa shape index (κ1) is 37.2. The number of benzene rings is 2. The van der Waals surface area contributed by atoms with Gasteiger partial charge in [0.2, 0.25) is 5.91 Å². The molecule has 5 atom stereocenters. The van der Waals surface area contributed by atoms with Gasteiger partial charge in [-0.3, -0.25) is 9.59 Å². The Morgan fingerprint density at radius 1 is 1.08 bits per heavy atom. The molecule has 1 saturated heterocycles. The van der Waals surface area contributed by atoms with Crippen molar-refractivity contribution in [1.29, 1.82) is 0 Å². The zero-order valence-corrected chi connectivity index (χ0v) is 31.8. The maximum Gasteiger partial charge on any atom is 0.303 e. The number of piperidine rings is 1. The van der Waals surface area contributed by atoms with Crippen LogP contribution < -0.4 is 14.4 Å². The summed E-state index contributed by atoms with van der Waals surface area (Å²) in [5, 5.41) is 13.1. The number of nitrogens with one attached hydrogen (secondary N) is 1. The number of nitrogens with zero attached hydrogens (tertiary/aromatic N) is 3. The molecule has 2 aromatic carbocycles. The predicted octanol–water partition coefficient (Wildman–Crippen LogP) is 4.70. The maximum absolute atomic E-state index is 14.2. The van der Waals surface area contributed by atoms with Gasteiger partial charge in [0.25, 0.3) is 5.91 Å². The predicted molar refractivity (Wildman–Crippen MR) is 200 cm³/mol. The molecule has 11 nitrogen and oxygen atoms in total. The van der Waals surface area contributed by atoms with E-state index in [0.717, 1.165) is 38.5 Å². The highest BCUT2D eigenvalue weighted by atomic mass is 35.5. The highest BCUT2D eigenvalue weighted by Gasteiger charge is 2.47. The number of carbonyl (C=O) groups excluding carboxylic acids is 2. The summed E-state index contributed by atoms with van der Waals surface area (Å²) in [4.78, 5) is 31.7. The first-order valence-electron chi connectivity index (χ1n) is 18.7. The Morgan fingerprint density at radius 3 is 2.63 bits per heavy atom. The first-order valence-corrected chi connectivity index (χ1v) is 20.5. The zero-order chi connectivity index (χ0) is 36.7. The van der Waals surface area contributed by atoms with E-state index in [0.29, 0.717) is 73.8 Å². The standard InChI is InChI=1S/C39H51ClN4O7S/c1-42-18-7-4-10-34(50-2)31-14-11-28(31)24-43-25-38(17-8-9-27-21-30(40)13-15-32(27)38)26-51-35-16-12-29(22-33(35)43)39(47,23-36(42)45)37(46)41-52(48,49)44-19-5-3-6-20-44/h4,10,12-13,15-16,21-22,28,31,34,47H,3,5-9,11,14,17-20,23-26H2,1-2H3,(H,41,46)/b10-4-/t28-,31+,34-,38-,39+/m0/s1. The Morgan fingerprint density at radius 2 is 1.88 bits per heavy atom. The molecule has 13 heteroatoms. The summed E-state index contributed by atoms with van der Waals surface area (Å²) < 4.78 is 42.9. The smallest absolute Gasteiger partial charge is 0.303 e. The fourth-order valence-electron chi connectivity index (χ4n) is 8.97. The van der Waals surface area contributed by atoms with E-state index in [2.05, 4.69) is 27.8 Å². The van der Waals surface area contributed by atoms with Crippen molar-refractivity contribution < 1.29 is 32.6 Å². The minimum atomic E-state index is -4.26. The van der Waals surface area contributed by atoms with Crippen LogP contribution >= 0.6 is 11.6 Å². The van der Waals surface area contributed by atoms with Crippen molar-refractivity contribution in [2.24, 2.45) is 11.8 Å². The second-order valence-corrected chi connectivity index (χ2v) is 17.6. The molecular weight excluding hydrogens is 704 g/mol. The molecule has 0 aromatic heterocycles. The average molecular weight is 755 g/mol. The normalized spacial score (nSPS) is 30.7. The molecule has 0 unspecified atom stereocenters. The lowest BCUT2D eigenvalue weighted by atomic mass is 9.68. The number of carbonyl (C=O) groups is 2. The summed E-state index contributed by atoms with van der Waals surface area (Å²) in [6.07, 6.45) is 11.1. The Bertz CT molecular complexity index is 1820. The SMILES string of the molecule is CO[C@H]1/C=C\CCN(C)C(=O)C[C@](O)(C(=O)NS(=O)(=O)N2CCCCC2)c2ccc3c(c2)N(C[C@@H]2CC[C@H]21)C[C@@]1(CCCc2cc(Cl)ccc21)CO3. The van der Waals surface area contributed by atoms with Gasteiger partial charge in [-0.05, 0) is 104 Å². The highest BCUT2D eigenvalue weighted by Crippen LogP contribution is 2.48. The molecule has 3 heterocycles. The van der Waals surface area contributed by atoms with Crippen molar-refractivity contribution in [2.45, 2.75) is 81.3 Å². The summed E-state index contributed by atoms with van der Waals surface area (Å²) in [7, 11) is -0.892. The van der Waals surface area contributed by atoms with Crippen LogP contribution in [0, 0.1) is 11.8 Å². The van der Waals surface area contributed by atoms with Gasteiger partial charge in [-0.25, -0.2) is 4.72 Å². The second-order valence-electron chi connectivity index (χ2n) is 15.5. The Balaban J connectivity index is 1.32. The minimum absolute atomic E-state index is 0.0659. The lowest BCUT2D eigenvalue weighted by molar-refractivity contribution is -0.148. The molecule has 2 fully saturated rings. The average Bonchev–Trinajstić information content (AvgIpc) is 3.27. The molecule has 0 radical (unpaired) electrons. The number of ether oxygens (including phenoxy) is 2. The monoisotopic (exact) mass is 754 g/mol. The number of amides is 2. The van der Waals surface area contributed by atoms with Gasteiger partial charge in [-0.1, -0.05) is 42.3 Å². The van der Waals surface area contributed by atoms with Gasteiger partial charge in [0, 0.05) is 57.3 Å². The number of hydrogen-bond acceptors (Lipinski definition) is 8. The molecule has 1 spiro atoms. The van der Waals surface area contributed by atoms with E-state index in [-0.39, 0.29) is 30.2 Å². The summed E-state index contributed by atoms with van der Waals surface area (Å²) in [6, 6.07) is 11.2. The number of fused-ring (bicyclic) bond motifs is 4. The van der Waals surface area contributed by atoms with Gasteiger partial charge in [-0.15, -0.1) is 0 Å². The first-order chi connectivity index (χ1) is 24.9. The van der Waals surface area contributed by atoms with Crippen LogP contribution in [0.4, 0.5) is 5.69 Å². The van der Waals surface area contributed by atoms with Crippen molar-refractivity contribution >= 4 is 39.3 Å². The minimum Gasteiger partial charge on any atom is -0.490 e. The topological polar surface area (TPSA) is 129 Å². The number of aryl methyl sites for hydroxylation is 1. The molecule has 7 rings (SSSR count). The third-order valence-electron chi connectivity index (χ3n) is 12.2. The largest absolute Gasteiger partial charge is 0.490 e. The molecule has 2 aromatic rings.